The van der Waals surface area contributed by atoms with Gasteiger partial charge in [0, 0.05) is 30.1 Å². The lowest BCUT2D eigenvalue weighted by atomic mass is 9.84. The molecule has 144 valence electrons. The molecule has 28 heavy (non-hydrogen) atoms. The Bertz CT molecular complexity index is 970. The number of rotatable bonds is 6. The van der Waals surface area contributed by atoms with Crippen LogP contribution in [0.15, 0.2) is 60.7 Å². The van der Waals surface area contributed by atoms with E-state index in [4.69, 9.17) is 0 Å². The highest BCUT2D eigenvalue weighted by atomic mass is 19.1. The SMILES string of the molecule is CNC(=O)c1cccc(-c2ccc(NCC(C)(C)c3cccc(F)c3)nn2)c1. The van der Waals surface area contributed by atoms with E-state index in [0.717, 1.165) is 11.1 Å². The van der Waals surface area contributed by atoms with E-state index in [1.165, 1.54) is 6.07 Å². The molecule has 0 bridgehead atoms. The maximum atomic E-state index is 13.5. The number of aromatic nitrogens is 2. The van der Waals surface area contributed by atoms with Crippen molar-refractivity contribution in [1.29, 1.82) is 0 Å². The van der Waals surface area contributed by atoms with Crippen LogP contribution < -0.4 is 10.6 Å². The molecule has 3 rings (SSSR count). The molecule has 1 amide bonds. The van der Waals surface area contributed by atoms with Crippen molar-refractivity contribution in [2.24, 2.45) is 0 Å². The molecule has 0 aliphatic carbocycles. The molecular formula is C22H23FN4O. The largest absolute Gasteiger partial charge is 0.368 e. The zero-order valence-corrected chi connectivity index (χ0v) is 16.2. The van der Waals surface area contributed by atoms with Gasteiger partial charge in [0.15, 0.2) is 0 Å². The van der Waals surface area contributed by atoms with Crippen molar-refractivity contribution >= 4 is 11.7 Å². The van der Waals surface area contributed by atoms with Crippen LogP contribution in [0, 0.1) is 5.82 Å². The number of amides is 1. The molecule has 0 radical (unpaired) electrons. The standard InChI is InChI=1S/C22H23FN4O/c1-22(2,17-8-5-9-18(23)13-17)14-25-20-11-10-19(26-27-20)15-6-4-7-16(12-15)21(28)24-3/h4-13H,14H2,1-3H3,(H,24,28)(H,25,27). The van der Waals surface area contributed by atoms with Crippen LogP contribution in [-0.2, 0) is 5.41 Å². The minimum atomic E-state index is -0.274. The molecule has 3 aromatic rings. The molecule has 0 atom stereocenters. The van der Waals surface area contributed by atoms with Crippen LogP contribution >= 0.6 is 0 Å². The van der Waals surface area contributed by atoms with Crippen molar-refractivity contribution in [3.05, 3.63) is 77.6 Å². The molecular weight excluding hydrogens is 355 g/mol. The number of carbonyl (C=O) groups is 1. The van der Waals surface area contributed by atoms with Crippen molar-refractivity contribution in [2.45, 2.75) is 19.3 Å². The smallest absolute Gasteiger partial charge is 0.251 e. The Morgan fingerprint density at radius 2 is 1.82 bits per heavy atom. The van der Waals surface area contributed by atoms with Crippen molar-refractivity contribution in [3.63, 3.8) is 0 Å². The minimum absolute atomic E-state index is 0.146. The van der Waals surface area contributed by atoms with Crippen LogP contribution in [0.4, 0.5) is 10.2 Å². The highest BCUT2D eigenvalue weighted by Gasteiger charge is 2.21. The second-order valence-corrected chi connectivity index (χ2v) is 7.21. The van der Waals surface area contributed by atoms with E-state index < -0.39 is 0 Å². The van der Waals surface area contributed by atoms with Gasteiger partial charge in [0.25, 0.3) is 5.91 Å². The van der Waals surface area contributed by atoms with Crippen LogP contribution in [0.3, 0.4) is 0 Å². The van der Waals surface area contributed by atoms with Crippen LogP contribution in [-0.4, -0.2) is 29.7 Å². The number of nitrogens with one attached hydrogen (secondary N) is 2. The van der Waals surface area contributed by atoms with Gasteiger partial charge >= 0.3 is 0 Å². The van der Waals surface area contributed by atoms with Crippen LogP contribution in [0.2, 0.25) is 0 Å². The van der Waals surface area contributed by atoms with Gasteiger partial charge in [0.05, 0.1) is 5.69 Å². The molecule has 6 heteroatoms. The first-order valence-electron chi connectivity index (χ1n) is 9.05. The highest BCUT2D eigenvalue weighted by molar-refractivity contribution is 5.95. The first kappa shape index (κ1) is 19.5. The molecule has 0 unspecified atom stereocenters. The van der Waals surface area contributed by atoms with E-state index in [1.54, 1.807) is 31.3 Å². The van der Waals surface area contributed by atoms with Crippen molar-refractivity contribution < 1.29 is 9.18 Å². The zero-order chi connectivity index (χ0) is 20.1. The number of anilines is 1. The van der Waals surface area contributed by atoms with E-state index >= 15 is 0 Å². The second-order valence-electron chi connectivity index (χ2n) is 7.21. The van der Waals surface area contributed by atoms with Crippen molar-refractivity contribution in [2.75, 3.05) is 18.9 Å². The Labute approximate surface area is 164 Å². The Balaban J connectivity index is 1.70. The maximum Gasteiger partial charge on any atom is 0.251 e. The van der Waals surface area contributed by atoms with E-state index in [2.05, 4.69) is 20.8 Å². The second kappa shape index (κ2) is 8.17. The third kappa shape index (κ3) is 4.52. The lowest BCUT2D eigenvalue weighted by molar-refractivity contribution is 0.0963. The first-order valence-corrected chi connectivity index (χ1v) is 9.05. The van der Waals surface area contributed by atoms with E-state index in [-0.39, 0.29) is 17.1 Å². The monoisotopic (exact) mass is 378 g/mol. The average molecular weight is 378 g/mol. The number of hydrogen-bond donors (Lipinski definition) is 2. The summed E-state index contributed by atoms with van der Waals surface area (Å²) in [5.74, 6) is 0.247. The quantitative estimate of drug-likeness (QED) is 0.680. The van der Waals surface area contributed by atoms with Gasteiger partial charge in [-0.3, -0.25) is 4.79 Å². The van der Waals surface area contributed by atoms with Gasteiger partial charge in [-0.05, 0) is 42.0 Å². The predicted molar refractivity (Wildman–Crippen MR) is 109 cm³/mol. The van der Waals surface area contributed by atoms with E-state index in [0.29, 0.717) is 23.6 Å². The summed E-state index contributed by atoms with van der Waals surface area (Å²) >= 11 is 0. The predicted octanol–water partition coefficient (Wildman–Crippen LogP) is 4.03. The maximum absolute atomic E-state index is 13.5. The van der Waals surface area contributed by atoms with Crippen LogP contribution in [0.1, 0.15) is 29.8 Å². The first-order chi connectivity index (χ1) is 13.4. The number of hydrogen-bond acceptors (Lipinski definition) is 4. The van der Waals surface area contributed by atoms with Gasteiger partial charge in [0.1, 0.15) is 11.6 Å². The van der Waals surface area contributed by atoms with Gasteiger partial charge in [0.2, 0.25) is 0 Å². The van der Waals surface area contributed by atoms with Gasteiger partial charge in [-0.15, -0.1) is 10.2 Å². The minimum Gasteiger partial charge on any atom is -0.368 e. The summed E-state index contributed by atoms with van der Waals surface area (Å²) in [7, 11) is 1.60. The summed E-state index contributed by atoms with van der Waals surface area (Å²) in [4.78, 5) is 11.8. The van der Waals surface area contributed by atoms with E-state index in [9.17, 15) is 9.18 Å². The molecule has 0 saturated heterocycles. The van der Waals surface area contributed by atoms with Gasteiger partial charge in [-0.2, -0.15) is 0 Å². The third-order valence-corrected chi connectivity index (χ3v) is 4.63. The van der Waals surface area contributed by atoms with Crippen molar-refractivity contribution in [1.82, 2.24) is 15.5 Å². The molecule has 0 aliphatic rings. The number of halogens is 1. The van der Waals surface area contributed by atoms with E-state index in [1.807, 2.05) is 44.2 Å². The Hall–Kier alpha value is -3.28. The van der Waals surface area contributed by atoms with Crippen molar-refractivity contribution in [3.8, 4) is 11.3 Å². The third-order valence-electron chi connectivity index (χ3n) is 4.63. The summed E-state index contributed by atoms with van der Waals surface area (Å²) in [5.41, 5.74) is 2.71. The Morgan fingerprint density at radius 3 is 2.50 bits per heavy atom. The topological polar surface area (TPSA) is 66.9 Å². The van der Waals surface area contributed by atoms with Crippen LogP contribution in [0.25, 0.3) is 11.3 Å². The average Bonchev–Trinajstić information content (AvgIpc) is 2.72. The Morgan fingerprint density at radius 1 is 1.04 bits per heavy atom. The number of benzene rings is 2. The molecule has 1 heterocycles. The lowest BCUT2D eigenvalue weighted by Crippen LogP contribution is -2.28. The zero-order valence-electron chi connectivity index (χ0n) is 16.2. The lowest BCUT2D eigenvalue weighted by Gasteiger charge is -2.26. The number of nitrogens with zero attached hydrogens (tertiary/aromatic N) is 2. The molecule has 0 spiro atoms. The Kier molecular flexibility index (Phi) is 5.68. The van der Waals surface area contributed by atoms with Gasteiger partial charge in [-0.1, -0.05) is 38.1 Å². The summed E-state index contributed by atoms with van der Waals surface area (Å²) in [6.45, 7) is 4.67. The highest BCUT2D eigenvalue weighted by Crippen LogP contribution is 2.24. The molecule has 5 nitrogen and oxygen atoms in total. The molecule has 0 saturated carbocycles. The molecule has 2 aromatic carbocycles. The van der Waals surface area contributed by atoms with Gasteiger partial charge in [-0.25, -0.2) is 4.39 Å². The summed E-state index contributed by atoms with van der Waals surface area (Å²) < 4.78 is 13.5. The fourth-order valence-electron chi connectivity index (χ4n) is 2.87. The molecule has 0 aliphatic heterocycles. The molecule has 2 N–H and O–H groups in total. The van der Waals surface area contributed by atoms with Crippen LogP contribution in [0.5, 0.6) is 0 Å². The molecule has 1 aromatic heterocycles. The number of carbonyl (C=O) groups excluding carboxylic acids is 1. The summed E-state index contributed by atoms with van der Waals surface area (Å²) in [6, 6.07) is 17.6. The fraction of sp³-hybridized carbons (Fsp3) is 0.227. The van der Waals surface area contributed by atoms with Gasteiger partial charge < -0.3 is 10.6 Å². The fourth-order valence-corrected chi connectivity index (χ4v) is 2.87. The molecule has 0 fully saturated rings. The summed E-state index contributed by atoms with van der Waals surface area (Å²) in [6.07, 6.45) is 0. The summed E-state index contributed by atoms with van der Waals surface area (Å²) in [5, 5.41) is 14.4. The normalized spacial score (nSPS) is 11.1.